The molecule has 2 heterocycles. The van der Waals surface area contributed by atoms with Crippen LogP contribution in [0.25, 0.3) is 0 Å². The number of hydrogen-bond acceptors (Lipinski definition) is 6. The largest absolute Gasteiger partial charge is 0.497 e. The lowest BCUT2D eigenvalue weighted by molar-refractivity contribution is 0.0224. The van der Waals surface area contributed by atoms with Crippen LogP contribution in [0.4, 0.5) is 10.5 Å². The van der Waals surface area contributed by atoms with Gasteiger partial charge in [0.2, 0.25) is 0 Å². The summed E-state index contributed by atoms with van der Waals surface area (Å²) in [6.45, 7) is 0. The third-order valence-corrected chi connectivity index (χ3v) is 6.12. The average Bonchev–Trinajstić information content (AvgIpc) is 3.17. The molecule has 0 saturated heterocycles. The Labute approximate surface area is 200 Å². The Kier molecular flexibility index (Phi) is 4.70. The molecule has 0 aromatic heterocycles. The van der Waals surface area contributed by atoms with Crippen molar-refractivity contribution in [2.75, 3.05) is 12.4 Å². The first-order valence-electron chi connectivity index (χ1n) is 11.0. The summed E-state index contributed by atoms with van der Waals surface area (Å²) in [4.78, 5) is 25.3. The van der Waals surface area contributed by atoms with Crippen molar-refractivity contribution < 1.29 is 28.5 Å². The van der Waals surface area contributed by atoms with Crippen LogP contribution in [0, 0.1) is 0 Å². The van der Waals surface area contributed by atoms with Crippen LogP contribution >= 0.6 is 0 Å². The fourth-order valence-corrected chi connectivity index (χ4v) is 4.60. The first kappa shape index (κ1) is 20.8. The lowest BCUT2D eigenvalue weighted by atomic mass is 9.77. The molecule has 2 aliphatic rings. The summed E-state index contributed by atoms with van der Waals surface area (Å²) in [5.41, 5.74) is 1.83. The number of benzene rings is 4. The molecule has 1 spiro atoms. The molecule has 4 aromatic rings. The van der Waals surface area contributed by atoms with Crippen LogP contribution in [-0.4, -0.2) is 19.2 Å². The highest BCUT2D eigenvalue weighted by molar-refractivity contribution is 5.97. The van der Waals surface area contributed by atoms with Gasteiger partial charge in [-0.1, -0.05) is 36.4 Å². The number of rotatable bonds is 3. The zero-order valence-electron chi connectivity index (χ0n) is 18.6. The molecule has 4 aromatic carbocycles. The maximum atomic E-state index is 12.9. The van der Waals surface area contributed by atoms with Gasteiger partial charge in [-0.05, 0) is 42.5 Å². The van der Waals surface area contributed by atoms with E-state index in [1.807, 2.05) is 24.3 Å². The number of anilines is 1. The zero-order valence-corrected chi connectivity index (χ0v) is 18.6. The lowest BCUT2D eigenvalue weighted by Crippen LogP contribution is -2.33. The summed E-state index contributed by atoms with van der Waals surface area (Å²) >= 11 is 0. The number of carbonyl (C=O) groups is 2. The molecule has 1 amide bonds. The smallest absolute Gasteiger partial charge is 0.417 e. The van der Waals surface area contributed by atoms with Crippen molar-refractivity contribution in [2.45, 2.75) is 5.60 Å². The van der Waals surface area contributed by atoms with Crippen LogP contribution in [0.5, 0.6) is 23.0 Å². The number of fused-ring (bicyclic) bond motifs is 6. The Morgan fingerprint density at radius 3 is 2.31 bits per heavy atom. The zero-order chi connectivity index (χ0) is 24.0. The average molecular weight is 465 g/mol. The minimum Gasteiger partial charge on any atom is -0.497 e. The van der Waals surface area contributed by atoms with Crippen molar-refractivity contribution in [1.29, 1.82) is 0 Å². The Bertz CT molecular complexity index is 1480. The van der Waals surface area contributed by atoms with Crippen molar-refractivity contribution in [3.63, 3.8) is 0 Å². The van der Waals surface area contributed by atoms with Crippen LogP contribution in [0.2, 0.25) is 0 Å². The monoisotopic (exact) mass is 465 g/mol. The van der Waals surface area contributed by atoms with Gasteiger partial charge in [0.15, 0.2) is 5.60 Å². The number of carbonyl (C=O) groups excluding carboxylic acids is 2. The second-order valence-electron chi connectivity index (χ2n) is 8.12. The fraction of sp³-hybridized carbons (Fsp3) is 0.0714. The number of nitrogens with one attached hydrogen (secondary N) is 1. The molecule has 0 bridgehead atoms. The number of para-hydroxylation sites is 1. The molecule has 0 radical (unpaired) electrons. The molecule has 7 heteroatoms. The standard InChI is InChI=1S/C28H19NO6/c1-32-19-12-14-23-25(16-19)34-24-15-17(29-27(31)33-18-7-3-2-4-8-18)11-13-22(24)28(23)21-10-6-5-9-20(21)26(30)35-28/h2-16H,1H3,(H,29,31). The van der Waals surface area contributed by atoms with Gasteiger partial charge in [-0.2, -0.15) is 0 Å². The van der Waals surface area contributed by atoms with Gasteiger partial charge >= 0.3 is 12.1 Å². The summed E-state index contributed by atoms with van der Waals surface area (Å²) in [5, 5.41) is 2.72. The fourth-order valence-electron chi connectivity index (χ4n) is 4.60. The molecule has 0 aliphatic carbocycles. The molecule has 0 fully saturated rings. The first-order chi connectivity index (χ1) is 17.1. The van der Waals surface area contributed by atoms with Gasteiger partial charge < -0.3 is 18.9 Å². The molecule has 0 saturated carbocycles. The predicted molar refractivity (Wildman–Crippen MR) is 127 cm³/mol. The third kappa shape index (κ3) is 3.28. The maximum Gasteiger partial charge on any atom is 0.417 e. The molecule has 1 unspecified atom stereocenters. The molecule has 1 N–H and O–H groups in total. The maximum absolute atomic E-state index is 12.9. The van der Waals surface area contributed by atoms with Gasteiger partial charge in [-0.25, -0.2) is 9.59 Å². The summed E-state index contributed by atoms with van der Waals surface area (Å²) in [7, 11) is 1.57. The van der Waals surface area contributed by atoms with Crippen molar-refractivity contribution in [3.05, 3.63) is 113 Å². The van der Waals surface area contributed by atoms with Crippen LogP contribution < -0.4 is 19.5 Å². The van der Waals surface area contributed by atoms with Gasteiger partial charge in [0.1, 0.15) is 23.0 Å². The Morgan fingerprint density at radius 1 is 0.800 bits per heavy atom. The third-order valence-electron chi connectivity index (χ3n) is 6.12. The molecular formula is C28H19NO6. The highest BCUT2D eigenvalue weighted by Crippen LogP contribution is 2.56. The van der Waals surface area contributed by atoms with E-state index in [0.717, 1.165) is 5.56 Å². The first-order valence-corrected chi connectivity index (χ1v) is 11.0. The van der Waals surface area contributed by atoms with Gasteiger partial charge in [0.05, 0.1) is 12.7 Å². The topological polar surface area (TPSA) is 83.1 Å². The van der Waals surface area contributed by atoms with Crippen molar-refractivity contribution in [1.82, 2.24) is 0 Å². The number of amides is 1. The minimum absolute atomic E-state index is 0.413. The quantitative estimate of drug-likeness (QED) is 0.381. The molecule has 6 rings (SSSR count). The highest BCUT2D eigenvalue weighted by atomic mass is 16.6. The van der Waals surface area contributed by atoms with Crippen LogP contribution in [-0.2, 0) is 10.3 Å². The molecule has 1 atom stereocenters. The number of ether oxygens (including phenoxy) is 4. The van der Waals surface area contributed by atoms with Gasteiger partial charge in [0, 0.05) is 34.5 Å². The van der Waals surface area contributed by atoms with Crippen LogP contribution in [0.1, 0.15) is 27.0 Å². The summed E-state index contributed by atoms with van der Waals surface area (Å²) in [6, 6.07) is 26.7. The minimum atomic E-state index is -1.19. The normalized spacial score (nSPS) is 16.9. The summed E-state index contributed by atoms with van der Waals surface area (Å²) in [5.74, 6) is 1.54. The van der Waals surface area contributed by atoms with Gasteiger partial charge in [-0.3, -0.25) is 5.32 Å². The van der Waals surface area contributed by atoms with E-state index in [-0.39, 0.29) is 0 Å². The van der Waals surface area contributed by atoms with Crippen LogP contribution in [0.3, 0.4) is 0 Å². The molecular weight excluding hydrogens is 446 g/mol. The van der Waals surface area contributed by atoms with E-state index in [4.69, 9.17) is 18.9 Å². The van der Waals surface area contributed by atoms with Crippen molar-refractivity contribution in [3.8, 4) is 23.0 Å². The Morgan fingerprint density at radius 2 is 1.51 bits per heavy atom. The van der Waals surface area contributed by atoms with E-state index in [1.54, 1.807) is 73.8 Å². The van der Waals surface area contributed by atoms with E-state index < -0.39 is 17.7 Å². The summed E-state index contributed by atoms with van der Waals surface area (Å²) < 4.78 is 23.1. The van der Waals surface area contributed by atoms with Crippen LogP contribution in [0.15, 0.2) is 91.0 Å². The second-order valence-corrected chi connectivity index (χ2v) is 8.12. The van der Waals surface area contributed by atoms with Crippen molar-refractivity contribution in [2.24, 2.45) is 0 Å². The Hall–Kier alpha value is -4.78. The lowest BCUT2D eigenvalue weighted by Gasteiger charge is -2.36. The van der Waals surface area contributed by atoms with E-state index in [9.17, 15) is 9.59 Å². The summed E-state index contributed by atoms with van der Waals surface area (Å²) in [6.07, 6.45) is -0.638. The molecule has 35 heavy (non-hydrogen) atoms. The molecule has 172 valence electrons. The predicted octanol–water partition coefficient (Wildman–Crippen LogP) is 5.87. The number of hydrogen-bond donors (Lipinski definition) is 1. The SMILES string of the molecule is COc1ccc2c(c1)Oc1cc(NC(=O)Oc3ccccc3)ccc1C21OC(=O)c2ccccc21. The van der Waals surface area contributed by atoms with E-state index in [1.165, 1.54) is 0 Å². The van der Waals surface area contributed by atoms with E-state index in [0.29, 0.717) is 45.4 Å². The second kappa shape index (κ2) is 7.92. The van der Waals surface area contributed by atoms with E-state index in [2.05, 4.69) is 5.32 Å². The van der Waals surface area contributed by atoms with Gasteiger partial charge in [0.25, 0.3) is 0 Å². The van der Waals surface area contributed by atoms with Gasteiger partial charge in [-0.15, -0.1) is 0 Å². The highest BCUT2D eigenvalue weighted by Gasteiger charge is 2.53. The van der Waals surface area contributed by atoms with Crippen molar-refractivity contribution >= 4 is 17.7 Å². The number of methoxy groups -OCH3 is 1. The van der Waals surface area contributed by atoms with E-state index >= 15 is 0 Å². The molecule has 2 aliphatic heterocycles. The number of esters is 1. The molecule has 7 nitrogen and oxygen atoms in total. The Balaban J connectivity index is 1.44.